The highest BCUT2D eigenvalue weighted by Gasteiger charge is 2.29. The molecule has 0 radical (unpaired) electrons. The molecule has 0 unspecified atom stereocenters. The Balaban J connectivity index is 1.69. The first kappa shape index (κ1) is 24.5. The van der Waals surface area contributed by atoms with E-state index in [2.05, 4.69) is 5.32 Å². The number of halogens is 1. The number of rotatable bonds is 8. The Morgan fingerprint density at radius 3 is 1.86 bits per heavy atom. The molecular formula is C28H25ClN2O3S. The smallest absolute Gasteiger partial charge is 0.264 e. The Kier molecular flexibility index (Phi) is 7.54. The van der Waals surface area contributed by atoms with Crippen LogP contribution in [0.2, 0.25) is 5.02 Å². The molecule has 0 fully saturated rings. The van der Waals surface area contributed by atoms with Crippen LogP contribution in [-0.2, 0) is 14.8 Å². The van der Waals surface area contributed by atoms with Crippen molar-refractivity contribution in [3.8, 4) is 0 Å². The zero-order chi connectivity index (χ0) is 24.8. The van der Waals surface area contributed by atoms with Crippen molar-refractivity contribution >= 4 is 33.2 Å². The van der Waals surface area contributed by atoms with E-state index in [1.165, 1.54) is 24.3 Å². The molecule has 0 atom stereocenters. The summed E-state index contributed by atoms with van der Waals surface area (Å²) in [6.07, 6.45) is 0. The largest absolute Gasteiger partial charge is 0.344 e. The molecule has 0 aliphatic carbocycles. The Labute approximate surface area is 211 Å². The minimum atomic E-state index is -4.04. The highest BCUT2D eigenvalue weighted by Crippen LogP contribution is 2.28. The normalized spacial score (nSPS) is 11.3. The van der Waals surface area contributed by atoms with Gasteiger partial charge in [-0.2, -0.15) is 0 Å². The predicted octanol–water partition coefficient (Wildman–Crippen LogP) is 5.75. The van der Waals surface area contributed by atoms with Gasteiger partial charge in [-0.15, -0.1) is 0 Å². The predicted molar refractivity (Wildman–Crippen MR) is 140 cm³/mol. The topological polar surface area (TPSA) is 66.5 Å². The quantitative estimate of drug-likeness (QED) is 0.332. The fourth-order valence-corrected chi connectivity index (χ4v) is 5.48. The number of para-hydroxylation sites is 1. The van der Waals surface area contributed by atoms with E-state index in [0.29, 0.717) is 10.7 Å². The summed E-state index contributed by atoms with van der Waals surface area (Å²) in [5.74, 6) is -0.427. The van der Waals surface area contributed by atoms with E-state index in [1.807, 2.05) is 79.7 Å². The summed E-state index contributed by atoms with van der Waals surface area (Å²) in [7, 11) is -4.04. The van der Waals surface area contributed by atoms with Gasteiger partial charge in [0, 0.05) is 5.02 Å². The summed E-state index contributed by atoms with van der Waals surface area (Å²) in [6.45, 7) is 1.43. The summed E-state index contributed by atoms with van der Waals surface area (Å²) in [5.41, 5.74) is 2.97. The fourth-order valence-electron chi connectivity index (χ4n) is 3.86. The minimum absolute atomic E-state index is 0.0561. The van der Waals surface area contributed by atoms with Gasteiger partial charge in [0.25, 0.3) is 10.0 Å². The maximum absolute atomic E-state index is 13.7. The van der Waals surface area contributed by atoms with E-state index in [9.17, 15) is 13.2 Å². The lowest BCUT2D eigenvalue weighted by molar-refractivity contribution is -0.120. The van der Waals surface area contributed by atoms with Crippen LogP contribution in [0.3, 0.4) is 0 Å². The zero-order valence-corrected chi connectivity index (χ0v) is 20.7. The molecule has 0 aliphatic heterocycles. The molecule has 0 saturated carbocycles. The van der Waals surface area contributed by atoms with Crippen LogP contribution < -0.4 is 9.62 Å². The van der Waals surface area contributed by atoms with Crippen LogP contribution in [0.4, 0.5) is 5.69 Å². The molecule has 0 heterocycles. The number of anilines is 1. The maximum Gasteiger partial charge on any atom is 0.264 e. The molecule has 4 aromatic carbocycles. The fraction of sp³-hybridized carbons (Fsp3) is 0.107. The van der Waals surface area contributed by atoms with Gasteiger partial charge >= 0.3 is 0 Å². The third-order valence-electron chi connectivity index (χ3n) is 5.64. The maximum atomic E-state index is 13.7. The number of nitrogens with one attached hydrogen (secondary N) is 1. The summed E-state index contributed by atoms with van der Waals surface area (Å²) < 4.78 is 28.5. The number of aryl methyl sites for hydroxylation is 1. The number of hydrogen-bond donors (Lipinski definition) is 1. The molecule has 0 spiro atoms. The van der Waals surface area contributed by atoms with Crippen molar-refractivity contribution < 1.29 is 13.2 Å². The Bertz CT molecular complexity index is 1350. The molecule has 0 aliphatic rings. The Morgan fingerprint density at radius 1 is 0.800 bits per heavy atom. The summed E-state index contributed by atoms with van der Waals surface area (Å²) >= 11 is 5.97. The lowest BCUT2D eigenvalue weighted by atomic mass is 9.99. The van der Waals surface area contributed by atoms with Crippen LogP contribution in [0.15, 0.2) is 114 Å². The summed E-state index contributed by atoms with van der Waals surface area (Å²) in [5, 5.41) is 3.46. The van der Waals surface area contributed by atoms with Gasteiger partial charge in [0.15, 0.2) is 0 Å². The van der Waals surface area contributed by atoms with Gasteiger partial charge in [-0.05, 0) is 53.9 Å². The van der Waals surface area contributed by atoms with Gasteiger partial charge in [0.2, 0.25) is 5.91 Å². The molecule has 4 rings (SSSR count). The first-order valence-electron chi connectivity index (χ1n) is 11.1. The van der Waals surface area contributed by atoms with Crippen molar-refractivity contribution in [2.45, 2.75) is 17.9 Å². The molecule has 4 aromatic rings. The first-order chi connectivity index (χ1) is 16.9. The van der Waals surface area contributed by atoms with Crippen LogP contribution in [0.1, 0.15) is 22.7 Å². The number of carbonyl (C=O) groups excluding carboxylic acids is 1. The third-order valence-corrected chi connectivity index (χ3v) is 7.67. The van der Waals surface area contributed by atoms with E-state index in [0.717, 1.165) is 21.0 Å². The van der Waals surface area contributed by atoms with E-state index < -0.39 is 22.0 Å². The number of sulfonamides is 1. The highest BCUT2D eigenvalue weighted by molar-refractivity contribution is 7.92. The Morgan fingerprint density at radius 2 is 1.31 bits per heavy atom. The van der Waals surface area contributed by atoms with Crippen molar-refractivity contribution in [1.82, 2.24) is 5.32 Å². The second kappa shape index (κ2) is 10.8. The van der Waals surface area contributed by atoms with Gasteiger partial charge in [0.05, 0.1) is 16.6 Å². The van der Waals surface area contributed by atoms with E-state index in [-0.39, 0.29) is 11.4 Å². The van der Waals surface area contributed by atoms with Crippen LogP contribution in [0.25, 0.3) is 0 Å². The molecule has 7 heteroatoms. The van der Waals surface area contributed by atoms with Crippen molar-refractivity contribution in [2.75, 3.05) is 10.8 Å². The van der Waals surface area contributed by atoms with E-state index in [1.54, 1.807) is 12.1 Å². The third kappa shape index (κ3) is 5.73. The van der Waals surface area contributed by atoms with Crippen LogP contribution in [0.5, 0.6) is 0 Å². The molecule has 1 N–H and O–H groups in total. The number of carbonyl (C=O) groups is 1. The highest BCUT2D eigenvalue weighted by atomic mass is 35.5. The van der Waals surface area contributed by atoms with E-state index >= 15 is 0 Å². The molecule has 178 valence electrons. The zero-order valence-electron chi connectivity index (χ0n) is 19.1. The average Bonchev–Trinajstić information content (AvgIpc) is 2.87. The minimum Gasteiger partial charge on any atom is -0.344 e. The van der Waals surface area contributed by atoms with Crippen LogP contribution in [0, 0.1) is 6.92 Å². The second-order valence-electron chi connectivity index (χ2n) is 8.07. The van der Waals surface area contributed by atoms with Gasteiger partial charge in [0.1, 0.15) is 6.54 Å². The van der Waals surface area contributed by atoms with Gasteiger partial charge in [-0.25, -0.2) is 8.42 Å². The Hall–Kier alpha value is -3.61. The first-order valence-corrected chi connectivity index (χ1v) is 12.9. The molecule has 0 bridgehead atoms. The van der Waals surface area contributed by atoms with Crippen LogP contribution in [-0.4, -0.2) is 20.9 Å². The molecule has 5 nitrogen and oxygen atoms in total. The number of amides is 1. The number of benzene rings is 4. The van der Waals surface area contributed by atoms with Gasteiger partial charge < -0.3 is 5.32 Å². The average molecular weight is 505 g/mol. The molecular weight excluding hydrogens is 480 g/mol. The SMILES string of the molecule is Cc1ccccc1N(CC(=O)NC(c1ccccc1)c1ccccc1)S(=O)(=O)c1ccc(Cl)cc1. The second-order valence-corrected chi connectivity index (χ2v) is 10.4. The molecule has 0 aromatic heterocycles. The monoisotopic (exact) mass is 504 g/mol. The lowest BCUT2D eigenvalue weighted by Crippen LogP contribution is -2.42. The summed E-state index contributed by atoms with van der Waals surface area (Å²) in [4.78, 5) is 13.4. The molecule has 1 amide bonds. The molecule has 0 saturated heterocycles. The number of nitrogens with zero attached hydrogens (tertiary/aromatic N) is 1. The van der Waals surface area contributed by atoms with Crippen molar-refractivity contribution in [1.29, 1.82) is 0 Å². The van der Waals surface area contributed by atoms with Crippen molar-refractivity contribution in [3.63, 3.8) is 0 Å². The summed E-state index contributed by atoms with van der Waals surface area (Å²) in [6, 6.07) is 31.7. The van der Waals surface area contributed by atoms with E-state index in [4.69, 9.17) is 11.6 Å². The van der Waals surface area contributed by atoms with Gasteiger partial charge in [-0.3, -0.25) is 9.10 Å². The van der Waals surface area contributed by atoms with Crippen molar-refractivity contribution in [2.24, 2.45) is 0 Å². The van der Waals surface area contributed by atoms with Gasteiger partial charge in [-0.1, -0.05) is 90.5 Å². The molecule has 35 heavy (non-hydrogen) atoms. The lowest BCUT2D eigenvalue weighted by Gasteiger charge is -2.27. The van der Waals surface area contributed by atoms with Crippen LogP contribution >= 0.6 is 11.6 Å². The van der Waals surface area contributed by atoms with Crippen molar-refractivity contribution in [3.05, 3.63) is 131 Å². The number of hydrogen-bond acceptors (Lipinski definition) is 3. The standard InChI is InChI=1S/C28H25ClN2O3S/c1-21-10-8-9-15-26(21)31(35(33,34)25-18-16-24(29)17-19-25)20-27(32)30-28(22-11-4-2-5-12-22)23-13-6-3-7-14-23/h2-19,28H,20H2,1H3,(H,30,32).